The lowest BCUT2D eigenvalue weighted by Gasteiger charge is -2.49. The molecule has 0 radical (unpaired) electrons. The predicted molar refractivity (Wildman–Crippen MR) is 69.6 cm³/mol. The van der Waals surface area contributed by atoms with Gasteiger partial charge in [0.1, 0.15) is 6.10 Å². The van der Waals surface area contributed by atoms with E-state index in [1.165, 1.54) is 0 Å². The molecule has 0 amide bonds. The molecule has 2 nitrogen and oxygen atoms in total. The van der Waals surface area contributed by atoms with E-state index in [1.54, 1.807) is 13.8 Å². The summed E-state index contributed by atoms with van der Waals surface area (Å²) in [6.45, 7) is 5.31. The predicted octanol–water partition coefficient (Wildman–Crippen LogP) is 4.37. The van der Waals surface area contributed by atoms with Gasteiger partial charge in [-0.2, -0.15) is 22.0 Å². The maximum atomic E-state index is 13.6. The SMILES string of the molecule is CCC(C)(C)C(=O)C1OC2CCC1CC2C(F)(F)C(F)(F)F. The van der Waals surface area contributed by atoms with Crippen LogP contribution < -0.4 is 0 Å². The molecule has 128 valence electrons. The van der Waals surface area contributed by atoms with Gasteiger partial charge in [-0.3, -0.25) is 4.79 Å². The first-order valence-electron chi connectivity index (χ1n) is 7.56. The Morgan fingerprint density at radius 3 is 2.14 bits per heavy atom. The van der Waals surface area contributed by atoms with Crippen molar-refractivity contribution in [3.8, 4) is 0 Å². The van der Waals surface area contributed by atoms with Gasteiger partial charge in [-0.1, -0.05) is 20.8 Å². The molecule has 22 heavy (non-hydrogen) atoms. The van der Waals surface area contributed by atoms with E-state index < -0.39 is 41.6 Å². The van der Waals surface area contributed by atoms with Gasteiger partial charge in [0.25, 0.3) is 0 Å². The van der Waals surface area contributed by atoms with Crippen molar-refractivity contribution in [2.24, 2.45) is 17.3 Å². The van der Waals surface area contributed by atoms with Gasteiger partial charge in [0.2, 0.25) is 0 Å². The number of carbonyl (C=O) groups excluding carboxylic acids is 1. The summed E-state index contributed by atoms with van der Waals surface area (Å²) in [5, 5.41) is 0. The highest BCUT2D eigenvalue weighted by atomic mass is 19.4. The molecule has 3 rings (SSSR count). The summed E-state index contributed by atoms with van der Waals surface area (Å²) >= 11 is 0. The Hall–Kier alpha value is -0.720. The van der Waals surface area contributed by atoms with E-state index in [4.69, 9.17) is 4.74 Å². The molecule has 3 aliphatic rings. The van der Waals surface area contributed by atoms with Crippen molar-refractivity contribution in [2.75, 3.05) is 0 Å². The average molecular weight is 328 g/mol. The van der Waals surface area contributed by atoms with Crippen LogP contribution in [0.5, 0.6) is 0 Å². The first-order valence-corrected chi connectivity index (χ1v) is 7.56. The Morgan fingerprint density at radius 1 is 1.14 bits per heavy atom. The van der Waals surface area contributed by atoms with Gasteiger partial charge in [-0.15, -0.1) is 0 Å². The van der Waals surface area contributed by atoms with Crippen molar-refractivity contribution >= 4 is 5.78 Å². The third-order valence-electron chi connectivity index (χ3n) is 5.23. The molecule has 3 fully saturated rings. The monoisotopic (exact) mass is 328 g/mol. The molecule has 2 saturated heterocycles. The van der Waals surface area contributed by atoms with Gasteiger partial charge in [0, 0.05) is 5.41 Å². The highest BCUT2D eigenvalue weighted by molar-refractivity contribution is 5.88. The van der Waals surface area contributed by atoms with E-state index in [0.29, 0.717) is 12.8 Å². The summed E-state index contributed by atoms with van der Waals surface area (Å²) in [5.41, 5.74) is -0.663. The van der Waals surface area contributed by atoms with Crippen LogP contribution in [-0.4, -0.2) is 30.1 Å². The van der Waals surface area contributed by atoms with Crippen LogP contribution in [0.15, 0.2) is 0 Å². The second-order valence-corrected chi connectivity index (χ2v) is 7.00. The topological polar surface area (TPSA) is 26.3 Å². The van der Waals surface area contributed by atoms with Crippen molar-refractivity contribution in [2.45, 2.75) is 70.8 Å². The second-order valence-electron chi connectivity index (χ2n) is 7.00. The molecular weight excluding hydrogens is 307 g/mol. The van der Waals surface area contributed by atoms with Gasteiger partial charge >= 0.3 is 12.1 Å². The summed E-state index contributed by atoms with van der Waals surface area (Å²) in [6.07, 6.45) is -6.78. The van der Waals surface area contributed by atoms with Crippen molar-refractivity contribution < 1.29 is 31.5 Å². The lowest BCUT2D eigenvalue weighted by Crippen LogP contribution is -2.59. The standard InChI is InChI=1S/C15H21F5O2/c1-4-13(2,3)12(21)11-8-5-6-10(22-11)9(7-8)14(16,17)15(18,19)20/h8-11H,4-7H2,1-3H3. The van der Waals surface area contributed by atoms with Gasteiger partial charge in [0.15, 0.2) is 5.78 Å². The summed E-state index contributed by atoms with van der Waals surface area (Å²) in [5.74, 6) is -7.41. The summed E-state index contributed by atoms with van der Waals surface area (Å²) in [7, 11) is 0. The van der Waals surface area contributed by atoms with Crippen LogP contribution >= 0.6 is 0 Å². The summed E-state index contributed by atoms with van der Waals surface area (Å²) < 4.78 is 70.3. The van der Waals surface area contributed by atoms with Crippen LogP contribution in [0.1, 0.15) is 46.5 Å². The number of carbonyl (C=O) groups is 1. The van der Waals surface area contributed by atoms with Crippen molar-refractivity contribution in [1.82, 2.24) is 0 Å². The van der Waals surface area contributed by atoms with E-state index >= 15 is 0 Å². The third-order valence-corrected chi connectivity index (χ3v) is 5.23. The van der Waals surface area contributed by atoms with Crippen molar-refractivity contribution in [1.29, 1.82) is 0 Å². The Bertz CT molecular complexity index is 444. The molecule has 2 aliphatic heterocycles. The number of alkyl halides is 5. The fourth-order valence-corrected chi connectivity index (χ4v) is 3.34. The third kappa shape index (κ3) is 2.76. The van der Waals surface area contributed by atoms with Gasteiger partial charge in [0.05, 0.1) is 12.0 Å². The second kappa shape index (κ2) is 5.42. The van der Waals surface area contributed by atoms with E-state index in [2.05, 4.69) is 0 Å². The number of hydrogen-bond donors (Lipinski definition) is 0. The molecule has 0 aromatic carbocycles. The van der Waals surface area contributed by atoms with Crippen LogP contribution in [-0.2, 0) is 9.53 Å². The van der Waals surface area contributed by atoms with Crippen molar-refractivity contribution in [3.05, 3.63) is 0 Å². The molecule has 4 unspecified atom stereocenters. The smallest absolute Gasteiger partial charge is 0.366 e. The zero-order chi connectivity index (χ0) is 16.9. The first kappa shape index (κ1) is 17.6. The molecule has 2 bridgehead atoms. The number of Topliss-reactive ketones (excluding diaryl/α,β-unsaturated/α-hetero) is 1. The van der Waals surface area contributed by atoms with Crippen LogP contribution in [0.4, 0.5) is 22.0 Å². The zero-order valence-electron chi connectivity index (χ0n) is 12.8. The van der Waals surface area contributed by atoms with Gasteiger partial charge in [-0.25, -0.2) is 0 Å². The largest absolute Gasteiger partial charge is 0.453 e. The number of hydrogen-bond acceptors (Lipinski definition) is 2. The lowest BCUT2D eigenvalue weighted by atomic mass is 9.67. The Morgan fingerprint density at radius 2 is 1.73 bits per heavy atom. The van der Waals surface area contributed by atoms with Crippen LogP contribution in [0.2, 0.25) is 0 Å². The van der Waals surface area contributed by atoms with Gasteiger partial charge in [-0.05, 0) is 31.6 Å². The molecule has 0 aromatic heterocycles. The highest BCUT2D eigenvalue weighted by Gasteiger charge is 2.67. The lowest BCUT2D eigenvalue weighted by molar-refractivity contribution is -0.330. The van der Waals surface area contributed by atoms with Crippen LogP contribution in [0, 0.1) is 17.3 Å². The molecule has 4 atom stereocenters. The fraction of sp³-hybridized carbons (Fsp3) is 0.933. The minimum atomic E-state index is -5.58. The van der Waals surface area contributed by atoms with E-state index in [9.17, 15) is 26.7 Å². The molecule has 0 N–H and O–H groups in total. The van der Waals surface area contributed by atoms with E-state index in [-0.39, 0.29) is 18.6 Å². The fourth-order valence-electron chi connectivity index (χ4n) is 3.34. The van der Waals surface area contributed by atoms with Gasteiger partial charge < -0.3 is 4.74 Å². The number of fused-ring (bicyclic) bond motifs is 3. The maximum absolute atomic E-state index is 13.6. The Labute approximate surface area is 126 Å². The molecule has 1 saturated carbocycles. The maximum Gasteiger partial charge on any atom is 0.453 e. The molecule has 2 heterocycles. The molecule has 7 heteroatoms. The molecule has 1 aliphatic carbocycles. The molecule has 0 aromatic rings. The minimum absolute atomic E-state index is 0.150. The Kier molecular flexibility index (Phi) is 4.35. The highest BCUT2D eigenvalue weighted by Crippen LogP contribution is 2.53. The van der Waals surface area contributed by atoms with E-state index in [0.717, 1.165) is 0 Å². The normalized spacial score (nSPS) is 33.1. The summed E-state index contributed by atoms with van der Waals surface area (Å²) in [6, 6.07) is 0. The summed E-state index contributed by atoms with van der Waals surface area (Å²) in [4.78, 5) is 12.5. The first-order chi connectivity index (χ1) is 9.91. The van der Waals surface area contributed by atoms with Crippen LogP contribution in [0.3, 0.4) is 0 Å². The molecular formula is C15H21F5O2. The van der Waals surface area contributed by atoms with E-state index in [1.807, 2.05) is 6.92 Å². The zero-order valence-corrected chi connectivity index (χ0v) is 12.8. The quantitative estimate of drug-likeness (QED) is 0.716. The number of rotatable bonds is 4. The van der Waals surface area contributed by atoms with Crippen LogP contribution in [0.25, 0.3) is 0 Å². The number of ether oxygens (including phenoxy) is 1. The number of ketones is 1. The Balaban J connectivity index is 2.18. The minimum Gasteiger partial charge on any atom is -0.366 e. The number of halogens is 5. The van der Waals surface area contributed by atoms with Crippen molar-refractivity contribution in [3.63, 3.8) is 0 Å². The average Bonchev–Trinajstić information content (AvgIpc) is 2.45. The molecule has 0 spiro atoms.